The molecule has 1 N–H and O–H groups in total. The van der Waals surface area contributed by atoms with Gasteiger partial charge in [0.1, 0.15) is 0 Å². The molecule has 2 heteroatoms. The lowest BCUT2D eigenvalue weighted by atomic mass is 10.1. The van der Waals surface area contributed by atoms with Crippen molar-refractivity contribution in [3.05, 3.63) is 70.2 Å². The van der Waals surface area contributed by atoms with E-state index in [9.17, 15) is 0 Å². The smallest absolute Gasteiger partial charge is 0.0584 e. The van der Waals surface area contributed by atoms with Gasteiger partial charge in [-0.05, 0) is 36.8 Å². The first-order valence-electron chi connectivity index (χ1n) is 6.28. The lowest BCUT2D eigenvalue weighted by molar-refractivity contribution is 0.623. The monoisotopic (exact) mass is 313 g/mol. The summed E-state index contributed by atoms with van der Waals surface area (Å²) in [5.74, 6) is 6.29. The van der Waals surface area contributed by atoms with E-state index in [0.29, 0.717) is 12.6 Å². The van der Waals surface area contributed by atoms with Gasteiger partial charge >= 0.3 is 0 Å². The number of hydrogen-bond donors (Lipinski definition) is 1. The molecule has 0 bridgehead atoms. The molecule has 2 aromatic rings. The minimum absolute atomic E-state index is 0.294. The van der Waals surface area contributed by atoms with Crippen LogP contribution in [0.3, 0.4) is 0 Å². The Morgan fingerprint density at radius 1 is 1.11 bits per heavy atom. The van der Waals surface area contributed by atoms with Gasteiger partial charge in [-0.25, -0.2) is 0 Å². The van der Waals surface area contributed by atoms with Crippen molar-refractivity contribution in [2.75, 3.05) is 6.54 Å². The first-order valence-corrected chi connectivity index (χ1v) is 7.08. The molecule has 0 fully saturated rings. The number of rotatable bonds is 3. The van der Waals surface area contributed by atoms with Crippen LogP contribution in [0, 0.1) is 11.8 Å². The van der Waals surface area contributed by atoms with Gasteiger partial charge in [0.25, 0.3) is 0 Å². The first kappa shape index (κ1) is 13.9. The standard InChI is InChI=1S/C17H16BrN/c1-14(16-10-5-11-17(18)13-16)19-12-6-9-15-7-3-2-4-8-15/h2-5,7-8,10-11,13-14,19H,12H2,1H3/t14-/m0/s1. The number of hydrogen-bond acceptors (Lipinski definition) is 1. The van der Waals surface area contributed by atoms with Gasteiger partial charge in [0.05, 0.1) is 6.54 Å². The van der Waals surface area contributed by atoms with Crippen molar-refractivity contribution in [2.45, 2.75) is 13.0 Å². The maximum absolute atomic E-state index is 3.49. The third-order valence-electron chi connectivity index (χ3n) is 2.85. The highest BCUT2D eigenvalue weighted by Gasteiger charge is 2.03. The Balaban J connectivity index is 1.88. The van der Waals surface area contributed by atoms with E-state index in [1.165, 1.54) is 5.56 Å². The van der Waals surface area contributed by atoms with Crippen LogP contribution in [0.5, 0.6) is 0 Å². The molecule has 2 aromatic carbocycles. The average Bonchev–Trinajstić information content (AvgIpc) is 2.44. The fourth-order valence-corrected chi connectivity index (χ4v) is 2.18. The molecule has 0 unspecified atom stereocenters. The number of nitrogens with one attached hydrogen (secondary N) is 1. The third kappa shape index (κ3) is 4.55. The molecule has 0 aliphatic carbocycles. The Morgan fingerprint density at radius 3 is 2.63 bits per heavy atom. The summed E-state index contributed by atoms with van der Waals surface area (Å²) in [6.45, 7) is 2.83. The molecule has 0 spiro atoms. The molecule has 96 valence electrons. The number of benzene rings is 2. The van der Waals surface area contributed by atoms with Crippen LogP contribution in [0.15, 0.2) is 59.1 Å². The van der Waals surface area contributed by atoms with Crippen molar-refractivity contribution in [1.82, 2.24) is 5.32 Å². The summed E-state index contributed by atoms with van der Waals surface area (Å²) in [5, 5.41) is 3.40. The van der Waals surface area contributed by atoms with E-state index in [2.05, 4.69) is 52.1 Å². The number of halogens is 1. The minimum Gasteiger partial charge on any atom is -0.300 e. The molecule has 1 atom stereocenters. The lowest BCUT2D eigenvalue weighted by Crippen LogP contribution is -2.18. The normalized spacial score (nSPS) is 11.5. The van der Waals surface area contributed by atoms with Gasteiger partial charge in [-0.2, -0.15) is 0 Å². The molecule has 1 nitrogen and oxygen atoms in total. The van der Waals surface area contributed by atoms with E-state index in [4.69, 9.17) is 0 Å². The van der Waals surface area contributed by atoms with Gasteiger partial charge in [-0.15, -0.1) is 0 Å². The quantitative estimate of drug-likeness (QED) is 0.839. The molecule has 0 saturated carbocycles. The predicted molar refractivity (Wildman–Crippen MR) is 83.9 cm³/mol. The van der Waals surface area contributed by atoms with Crippen molar-refractivity contribution in [3.63, 3.8) is 0 Å². The molecule has 0 aliphatic rings. The highest BCUT2D eigenvalue weighted by molar-refractivity contribution is 9.10. The van der Waals surface area contributed by atoms with Crippen LogP contribution >= 0.6 is 15.9 Å². The van der Waals surface area contributed by atoms with E-state index >= 15 is 0 Å². The largest absolute Gasteiger partial charge is 0.300 e. The van der Waals surface area contributed by atoms with E-state index in [1.807, 2.05) is 42.5 Å². The highest BCUT2D eigenvalue weighted by atomic mass is 79.9. The fraction of sp³-hybridized carbons (Fsp3) is 0.176. The van der Waals surface area contributed by atoms with Crippen LogP contribution in [-0.2, 0) is 0 Å². The highest BCUT2D eigenvalue weighted by Crippen LogP contribution is 2.17. The van der Waals surface area contributed by atoms with Gasteiger partial charge < -0.3 is 0 Å². The first-order chi connectivity index (χ1) is 9.25. The molecule has 0 aromatic heterocycles. The summed E-state index contributed by atoms with van der Waals surface area (Å²) in [5.41, 5.74) is 2.32. The Hall–Kier alpha value is -1.56. The van der Waals surface area contributed by atoms with E-state index in [-0.39, 0.29) is 0 Å². The van der Waals surface area contributed by atoms with Crippen molar-refractivity contribution in [1.29, 1.82) is 0 Å². The summed E-state index contributed by atoms with van der Waals surface area (Å²) in [6, 6.07) is 18.7. The zero-order chi connectivity index (χ0) is 13.5. The van der Waals surface area contributed by atoms with Gasteiger partial charge in [0.15, 0.2) is 0 Å². The summed E-state index contributed by atoms with van der Waals surface area (Å²) in [4.78, 5) is 0. The molecule has 0 heterocycles. The van der Waals surface area contributed by atoms with Gasteiger partial charge in [0.2, 0.25) is 0 Å². The SMILES string of the molecule is C[C@H](NCC#Cc1ccccc1)c1cccc(Br)c1. The second-order valence-electron chi connectivity index (χ2n) is 4.33. The zero-order valence-corrected chi connectivity index (χ0v) is 12.4. The van der Waals surface area contributed by atoms with Crippen molar-refractivity contribution >= 4 is 15.9 Å². The van der Waals surface area contributed by atoms with Gasteiger partial charge in [-0.3, -0.25) is 5.32 Å². The summed E-state index contributed by atoms with van der Waals surface area (Å²) >= 11 is 3.49. The van der Waals surface area contributed by atoms with Crippen LogP contribution in [0.4, 0.5) is 0 Å². The van der Waals surface area contributed by atoms with E-state index in [0.717, 1.165) is 10.0 Å². The molecule has 0 radical (unpaired) electrons. The molecule has 2 rings (SSSR count). The van der Waals surface area contributed by atoms with Crippen molar-refractivity contribution < 1.29 is 0 Å². The van der Waals surface area contributed by atoms with E-state index < -0.39 is 0 Å². The second kappa shape index (κ2) is 7.13. The molecule has 0 aliphatic heterocycles. The fourth-order valence-electron chi connectivity index (χ4n) is 1.77. The lowest BCUT2D eigenvalue weighted by Gasteiger charge is -2.12. The minimum atomic E-state index is 0.294. The molecular formula is C17H16BrN. The Morgan fingerprint density at radius 2 is 1.89 bits per heavy atom. The van der Waals surface area contributed by atoms with Crippen LogP contribution < -0.4 is 5.32 Å². The Labute approximate surface area is 123 Å². The third-order valence-corrected chi connectivity index (χ3v) is 3.35. The van der Waals surface area contributed by atoms with E-state index in [1.54, 1.807) is 0 Å². The zero-order valence-electron chi connectivity index (χ0n) is 10.9. The van der Waals surface area contributed by atoms with Crippen molar-refractivity contribution in [2.24, 2.45) is 0 Å². The summed E-state index contributed by atoms with van der Waals surface area (Å²) in [6.07, 6.45) is 0. The van der Waals surface area contributed by atoms with Crippen LogP contribution in [0.2, 0.25) is 0 Å². The predicted octanol–water partition coefficient (Wildman–Crippen LogP) is 4.15. The van der Waals surface area contributed by atoms with Gasteiger partial charge in [0, 0.05) is 16.1 Å². The molecule has 19 heavy (non-hydrogen) atoms. The molecular weight excluding hydrogens is 298 g/mol. The topological polar surface area (TPSA) is 12.0 Å². The van der Waals surface area contributed by atoms with Crippen molar-refractivity contribution in [3.8, 4) is 11.8 Å². The average molecular weight is 314 g/mol. The summed E-state index contributed by atoms with van der Waals surface area (Å²) < 4.78 is 1.11. The molecule has 0 saturated heterocycles. The summed E-state index contributed by atoms with van der Waals surface area (Å²) in [7, 11) is 0. The maximum Gasteiger partial charge on any atom is 0.0584 e. The Kier molecular flexibility index (Phi) is 5.20. The van der Waals surface area contributed by atoms with Gasteiger partial charge in [-0.1, -0.05) is 58.1 Å². The molecule has 0 amide bonds. The van der Waals surface area contributed by atoms with Crippen LogP contribution in [0.1, 0.15) is 24.1 Å². The Bertz CT molecular complexity index is 581. The second-order valence-corrected chi connectivity index (χ2v) is 5.24. The van der Waals surface area contributed by atoms with Crippen LogP contribution in [0.25, 0.3) is 0 Å². The van der Waals surface area contributed by atoms with Crippen LogP contribution in [-0.4, -0.2) is 6.54 Å². The maximum atomic E-state index is 3.49.